The third-order valence-corrected chi connectivity index (χ3v) is 6.85. The lowest BCUT2D eigenvalue weighted by molar-refractivity contribution is -0.130. The molecule has 2 aromatic rings. The summed E-state index contributed by atoms with van der Waals surface area (Å²) in [7, 11) is 0. The molecule has 1 saturated heterocycles. The van der Waals surface area contributed by atoms with E-state index in [0.29, 0.717) is 5.75 Å². The first-order valence-electron chi connectivity index (χ1n) is 10.2. The standard InChI is InChI=1S/C23H29N3O2S2/c1-19-7-9-20(10-8-19)24-22(27)17-29-18-23(28)26-13-11-25(12-14-26)15-16-30-21-5-3-2-4-6-21/h2-10H,11-18H2,1H3,(H,24,27). The van der Waals surface area contributed by atoms with Gasteiger partial charge in [-0.05, 0) is 31.2 Å². The summed E-state index contributed by atoms with van der Waals surface area (Å²) in [6.45, 7) is 6.42. The molecule has 1 fully saturated rings. The minimum Gasteiger partial charge on any atom is -0.339 e. The van der Waals surface area contributed by atoms with E-state index >= 15 is 0 Å². The Morgan fingerprint density at radius 3 is 2.33 bits per heavy atom. The van der Waals surface area contributed by atoms with Gasteiger partial charge < -0.3 is 10.2 Å². The molecule has 1 N–H and O–H groups in total. The van der Waals surface area contributed by atoms with Crippen LogP contribution in [-0.2, 0) is 9.59 Å². The first-order valence-corrected chi connectivity index (χ1v) is 12.4. The van der Waals surface area contributed by atoms with Crippen LogP contribution in [0, 0.1) is 6.92 Å². The molecule has 1 aliphatic heterocycles. The molecule has 1 aliphatic rings. The number of thioether (sulfide) groups is 2. The van der Waals surface area contributed by atoms with E-state index in [1.54, 1.807) is 0 Å². The third-order valence-electron chi connectivity index (χ3n) is 4.94. The average Bonchev–Trinajstić information content (AvgIpc) is 2.76. The molecule has 30 heavy (non-hydrogen) atoms. The van der Waals surface area contributed by atoms with E-state index in [4.69, 9.17) is 0 Å². The first kappa shape index (κ1) is 22.7. The van der Waals surface area contributed by atoms with Crippen molar-refractivity contribution in [3.05, 3.63) is 60.2 Å². The van der Waals surface area contributed by atoms with E-state index in [9.17, 15) is 9.59 Å². The minimum absolute atomic E-state index is 0.0719. The van der Waals surface area contributed by atoms with Crippen LogP contribution in [0.1, 0.15) is 5.56 Å². The normalized spacial score (nSPS) is 14.5. The lowest BCUT2D eigenvalue weighted by Crippen LogP contribution is -2.49. The number of hydrogen-bond acceptors (Lipinski definition) is 5. The predicted molar refractivity (Wildman–Crippen MR) is 127 cm³/mol. The minimum atomic E-state index is -0.0719. The summed E-state index contributed by atoms with van der Waals surface area (Å²) in [6, 6.07) is 18.2. The van der Waals surface area contributed by atoms with Gasteiger partial charge in [-0.1, -0.05) is 35.9 Å². The molecule has 0 saturated carbocycles. The first-order chi connectivity index (χ1) is 14.6. The molecule has 0 aliphatic carbocycles. The maximum atomic E-state index is 12.4. The van der Waals surface area contributed by atoms with Gasteiger partial charge in [0.2, 0.25) is 11.8 Å². The van der Waals surface area contributed by atoms with Gasteiger partial charge in [0.15, 0.2) is 0 Å². The summed E-state index contributed by atoms with van der Waals surface area (Å²) >= 11 is 3.25. The molecule has 3 rings (SSSR count). The molecule has 5 nitrogen and oxygen atoms in total. The highest BCUT2D eigenvalue weighted by atomic mass is 32.2. The zero-order valence-corrected chi connectivity index (χ0v) is 19.0. The van der Waals surface area contributed by atoms with Gasteiger partial charge >= 0.3 is 0 Å². The van der Waals surface area contributed by atoms with Gasteiger partial charge in [0.05, 0.1) is 11.5 Å². The average molecular weight is 444 g/mol. The number of amides is 2. The SMILES string of the molecule is Cc1ccc(NC(=O)CSCC(=O)N2CCN(CCSc3ccccc3)CC2)cc1. The molecular weight excluding hydrogens is 414 g/mol. The molecule has 0 atom stereocenters. The second kappa shape index (κ2) is 12.0. The molecule has 1 heterocycles. The Labute approximate surface area is 187 Å². The summed E-state index contributed by atoms with van der Waals surface area (Å²) in [5.74, 6) is 1.75. The molecule has 0 unspecified atom stereocenters. The van der Waals surface area contributed by atoms with Gasteiger partial charge in [0.25, 0.3) is 0 Å². The van der Waals surface area contributed by atoms with Crippen molar-refractivity contribution in [1.82, 2.24) is 9.80 Å². The fourth-order valence-corrected chi connectivity index (χ4v) is 4.84. The number of nitrogens with one attached hydrogen (secondary N) is 1. The van der Waals surface area contributed by atoms with Gasteiger partial charge in [-0.2, -0.15) is 0 Å². The number of anilines is 1. The summed E-state index contributed by atoms with van der Waals surface area (Å²) in [5.41, 5.74) is 1.95. The molecule has 2 amide bonds. The molecule has 0 bridgehead atoms. The van der Waals surface area contributed by atoms with Crippen molar-refractivity contribution in [2.45, 2.75) is 11.8 Å². The Morgan fingerprint density at radius 1 is 0.933 bits per heavy atom. The molecule has 2 aromatic carbocycles. The van der Waals surface area contributed by atoms with Crippen molar-refractivity contribution in [2.75, 3.05) is 55.3 Å². The highest BCUT2D eigenvalue weighted by molar-refractivity contribution is 8.00. The molecule has 0 radical (unpaired) electrons. The maximum Gasteiger partial charge on any atom is 0.234 e. The van der Waals surface area contributed by atoms with Crippen molar-refractivity contribution in [2.24, 2.45) is 0 Å². The van der Waals surface area contributed by atoms with Crippen LogP contribution in [-0.4, -0.2) is 71.6 Å². The molecule has 160 valence electrons. The molecular formula is C23H29N3O2S2. The maximum absolute atomic E-state index is 12.4. The smallest absolute Gasteiger partial charge is 0.234 e. The Balaban J connectivity index is 1.27. The zero-order valence-electron chi connectivity index (χ0n) is 17.4. The quantitative estimate of drug-likeness (QED) is 0.600. The van der Waals surface area contributed by atoms with Crippen molar-refractivity contribution in [3.63, 3.8) is 0 Å². The Bertz CT molecular complexity index is 807. The number of piperazine rings is 1. The van der Waals surface area contributed by atoms with Crippen LogP contribution < -0.4 is 5.32 Å². The number of carbonyl (C=O) groups excluding carboxylic acids is 2. The highest BCUT2D eigenvalue weighted by Crippen LogP contribution is 2.17. The van der Waals surface area contributed by atoms with E-state index < -0.39 is 0 Å². The van der Waals surface area contributed by atoms with Crippen LogP contribution in [0.5, 0.6) is 0 Å². The van der Waals surface area contributed by atoms with Crippen molar-refractivity contribution in [1.29, 1.82) is 0 Å². The fraction of sp³-hybridized carbons (Fsp3) is 0.391. The van der Waals surface area contributed by atoms with Crippen LogP contribution in [0.3, 0.4) is 0 Å². The molecule has 0 spiro atoms. The lowest BCUT2D eigenvalue weighted by Gasteiger charge is -2.34. The Morgan fingerprint density at radius 2 is 1.63 bits per heavy atom. The third kappa shape index (κ3) is 7.70. The summed E-state index contributed by atoms with van der Waals surface area (Å²) in [4.78, 5) is 30.1. The molecule has 0 aromatic heterocycles. The number of benzene rings is 2. The van der Waals surface area contributed by atoms with Gasteiger partial charge in [-0.3, -0.25) is 14.5 Å². The van der Waals surface area contributed by atoms with Crippen molar-refractivity contribution < 1.29 is 9.59 Å². The van der Waals surface area contributed by atoms with Crippen LogP contribution in [0.25, 0.3) is 0 Å². The number of nitrogens with zero attached hydrogens (tertiary/aromatic N) is 2. The van der Waals surface area contributed by atoms with Crippen LogP contribution >= 0.6 is 23.5 Å². The van der Waals surface area contributed by atoms with E-state index in [1.807, 2.05) is 53.9 Å². The van der Waals surface area contributed by atoms with Gasteiger partial charge in [-0.25, -0.2) is 0 Å². The topological polar surface area (TPSA) is 52.7 Å². The highest BCUT2D eigenvalue weighted by Gasteiger charge is 2.20. The van der Waals surface area contributed by atoms with E-state index in [0.717, 1.165) is 49.7 Å². The monoisotopic (exact) mass is 443 g/mol. The zero-order chi connectivity index (χ0) is 21.2. The number of aryl methyl sites for hydroxylation is 1. The van der Waals surface area contributed by atoms with Crippen LogP contribution in [0.2, 0.25) is 0 Å². The summed E-state index contributed by atoms with van der Waals surface area (Å²) < 4.78 is 0. The van der Waals surface area contributed by atoms with E-state index in [1.165, 1.54) is 16.7 Å². The second-order valence-electron chi connectivity index (χ2n) is 7.29. The summed E-state index contributed by atoms with van der Waals surface area (Å²) in [6.07, 6.45) is 0. The molecule has 7 heteroatoms. The second-order valence-corrected chi connectivity index (χ2v) is 9.44. The van der Waals surface area contributed by atoms with Crippen LogP contribution in [0.15, 0.2) is 59.5 Å². The fourth-order valence-electron chi connectivity index (χ4n) is 3.19. The number of rotatable bonds is 9. The summed E-state index contributed by atoms with van der Waals surface area (Å²) in [5, 5.41) is 2.87. The van der Waals surface area contributed by atoms with Crippen molar-refractivity contribution in [3.8, 4) is 0 Å². The van der Waals surface area contributed by atoms with Gasteiger partial charge in [0.1, 0.15) is 0 Å². The van der Waals surface area contributed by atoms with Gasteiger partial charge in [-0.15, -0.1) is 23.5 Å². The Hall–Kier alpha value is -1.96. The predicted octanol–water partition coefficient (Wildman–Crippen LogP) is 3.60. The lowest BCUT2D eigenvalue weighted by atomic mass is 10.2. The number of carbonyl (C=O) groups is 2. The largest absolute Gasteiger partial charge is 0.339 e. The van der Waals surface area contributed by atoms with Gasteiger partial charge in [0, 0.05) is 49.1 Å². The van der Waals surface area contributed by atoms with E-state index in [2.05, 4.69) is 34.5 Å². The van der Waals surface area contributed by atoms with E-state index in [-0.39, 0.29) is 17.6 Å². The Kier molecular flexibility index (Phi) is 9.11. The van der Waals surface area contributed by atoms with Crippen LogP contribution in [0.4, 0.5) is 5.69 Å². The van der Waals surface area contributed by atoms with Crippen molar-refractivity contribution >= 4 is 41.0 Å². The number of hydrogen-bond donors (Lipinski definition) is 1.